The molecule has 0 saturated carbocycles. The molecule has 0 fully saturated rings. The van der Waals surface area contributed by atoms with Gasteiger partial charge < -0.3 is 10.5 Å². The quantitative estimate of drug-likeness (QED) is 0.851. The van der Waals surface area contributed by atoms with Gasteiger partial charge in [-0.1, -0.05) is 44.2 Å². The Kier molecular flexibility index (Phi) is 4.27. The number of benzene rings is 1. The van der Waals surface area contributed by atoms with Gasteiger partial charge in [0.05, 0.1) is 12.3 Å². The number of para-hydroxylation sites is 1. The van der Waals surface area contributed by atoms with Crippen LogP contribution in [0.3, 0.4) is 0 Å². The fraction of sp³-hybridized carbons (Fsp3) is 0.467. The van der Waals surface area contributed by atoms with Gasteiger partial charge in [0.1, 0.15) is 5.75 Å². The van der Waals surface area contributed by atoms with E-state index in [1.807, 2.05) is 35.0 Å². The van der Waals surface area contributed by atoms with Crippen molar-refractivity contribution >= 4 is 5.82 Å². The molecule has 0 atom stereocenters. The SMILES string of the molecule is CC(C)(C)c1c(N)nnn1CCCOc1ccccc1. The summed E-state index contributed by atoms with van der Waals surface area (Å²) in [7, 11) is 0. The summed E-state index contributed by atoms with van der Waals surface area (Å²) in [6, 6.07) is 9.80. The van der Waals surface area contributed by atoms with Crippen molar-refractivity contribution in [2.45, 2.75) is 39.2 Å². The molecule has 5 nitrogen and oxygen atoms in total. The fourth-order valence-electron chi connectivity index (χ4n) is 2.18. The van der Waals surface area contributed by atoms with Gasteiger partial charge in [-0.15, -0.1) is 5.10 Å². The fourth-order valence-corrected chi connectivity index (χ4v) is 2.18. The number of ether oxygens (including phenoxy) is 1. The Bertz CT molecular complexity index is 543. The number of anilines is 1. The van der Waals surface area contributed by atoms with Gasteiger partial charge in [0, 0.05) is 18.4 Å². The van der Waals surface area contributed by atoms with E-state index in [4.69, 9.17) is 10.5 Å². The Hall–Kier alpha value is -2.04. The number of nitrogen functional groups attached to an aromatic ring is 1. The topological polar surface area (TPSA) is 66.0 Å². The Labute approximate surface area is 119 Å². The minimum absolute atomic E-state index is 0.0616. The van der Waals surface area contributed by atoms with Crippen LogP contribution in [-0.4, -0.2) is 21.6 Å². The first-order valence-corrected chi connectivity index (χ1v) is 6.86. The van der Waals surface area contributed by atoms with Crippen LogP contribution in [0.25, 0.3) is 0 Å². The standard InChI is InChI=1S/C15H22N4O/c1-15(2,3)13-14(16)17-18-19(13)10-7-11-20-12-8-5-4-6-9-12/h4-6,8-9H,7,10-11,16H2,1-3H3. The molecule has 108 valence electrons. The highest BCUT2D eigenvalue weighted by Gasteiger charge is 2.23. The molecule has 2 N–H and O–H groups in total. The second-order valence-electron chi connectivity index (χ2n) is 5.81. The van der Waals surface area contributed by atoms with Crippen LogP contribution in [0, 0.1) is 0 Å². The van der Waals surface area contributed by atoms with Crippen molar-refractivity contribution in [2.24, 2.45) is 0 Å². The molecule has 1 aromatic heterocycles. The smallest absolute Gasteiger partial charge is 0.169 e. The molecule has 2 aromatic rings. The second-order valence-corrected chi connectivity index (χ2v) is 5.81. The molecule has 0 spiro atoms. The molecule has 1 aromatic carbocycles. The first-order chi connectivity index (χ1) is 9.48. The molecule has 0 aliphatic carbocycles. The van der Waals surface area contributed by atoms with Crippen molar-refractivity contribution < 1.29 is 4.74 Å². The molecule has 0 aliphatic heterocycles. The Morgan fingerprint density at radius 2 is 1.90 bits per heavy atom. The van der Waals surface area contributed by atoms with E-state index in [1.165, 1.54) is 0 Å². The number of nitrogens with two attached hydrogens (primary N) is 1. The van der Waals surface area contributed by atoms with Gasteiger partial charge in [-0.2, -0.15) is 0 Å². The molecule has 20 heavy (non-hydrogen) atoms. The average molecular weight is 274 g/mol. The van der Waals surface area contributed by atoms with Crippen molar-refractivity contribution in [1.29, 1.82) is 0 Å². The Balaban J connectivity index is 1.89. The number of aryl methyl sites for hydroxylation is 1. The largest absolute Gasteiger partial charge is 0.494 e. The van der Waals surface area contributed by atoms with E-state index in [0.717, 1.165) is 24.4 Å². The molecule has 5 heteroatoms. The number of nitrogens with zero attached hydrogens (tertiary/aromatic N) is 3. The predicted molar refractivity (Wildman–Crippen MR) is 79.7 cm³/mol. The van der Waals surface area contributed by atoms with Crippen molar-refractivity contribution in [2.75, 3.05) is 12.3 Å². The molecule has 2 rings (SSSR count). The maximum absolute atomic E-state index is 5.90. The average Bonchev–Trinajstić information content (AvgIpc) is 2.77. The normalized spacial score (nSPS) is 11.6. The summed E-state index contributed by atoms with van der Waals surface area (Å²) in [4.78, 5) is 0. The third-order valence-corrected chi connectivity index (χ3v) is 3.00. The monoisotopic (exact) mass is 274 g/mol. The third kappa shape index (κ3) is 3.50. The van der Waals surface area contributed by atoms with Gasteiger partial charge in [0.2, 0.25) is 0 Å². The molecule has 0 aliphatic rings. The molecule has 0 unspecified atom stereocenters. The van der Waals surface area contributed by atoms with Crippen LogP contribution < -0.4 is 10.5 Å². The highest BCUT2D eigenvalue weighted by atomic mass is 16.5. The maximum atomic E-state index is 5.90. The van der Waals surface area contributed by atoms with Crippen LogP contribution in [0.4, 0.5) is 5.82 Å². The van der Waals surface area contributed by atoms with Crippen molar-refractivity contribution in [3.63, 3.8) is 0 Å². The zero-order chi connectivity index (χ0) is 14.6. The van der Waals surface area contributed by atoms with Crippen LogP contribution in [0.2, 0.25) is 0 Å². The van der Waals surface area contributed by atoms with E-state index in [1.54, 1.807) is 0 Å². The van der Waals surface area contributed by atoms with E-state index in [9.17, 15) is 0 Å². The third-order valence-electron chi connectivity index (χ3n) is 3.00. The molecule has 0 amide bonds. The summed E-state index contributed by atoms with van der Waals surface area (Å²) in [5.41, 5.74) is 6.82. The van der Waals surface area contributed by atoms with E-state index in [2.05, 4.69) is 31.1 Å². The van der Waals surface area contributed by atoms with Crippen molar-refractivity contribution in [3.05, 3.63) is 36.0 Å². The van der Waals surface area contributed by atoms with Gasteiger partial charge in [-0.05, 0) is 12.1 Å². The van der Waals surface area contributed by atoms with Gasteiger partial charge in [0.15, 0.2) is 5.82 Å². The molecule has 0 radical (unpaired) electrons. The van der Waals surface area contributed by atoms with Crippen LogP contribution in [-0.2, 0) is 12.0 Å². The molecule has 0 saturated heterocycles. The Morgan fingerprint density at radius 1 is 1.20 bits per heavy atom. The lowest BCUT2D eigenvalue weighted by atomic mass is 9.92. The van der Waals surface area contributed by atoms with Crippen molar-refractivity contribution in [1.82, 2.24) is 15.0 Å². The first-order valence-electron chi connectivity index (χ1n) is 6.86. The van der Waals surface area contributed by atoms with Gasteiger partial charge in [-0.3, -0.25) is 0 Å². The van der Waals surface area contributed by atoms with E-state index < -0.39 is 0 Å². The molecular weight excluding hydrogens is 252 g/mol. The highest BCUT2D eigenvalue weighted by molar-refractivity contribution is 5.37. The number of rotatable bonds is 5. The summed E-state index contributed by atoms with van der Waals surface area (Å²) in [5, 5.41) is 8.08. The van der Waals surface area contributed by atoms with Crippen LogP contribution in [0.5, 0.6) is 5.75 Å². The number of hydrogen-bond donors (Lipinski definition) is 1. The highest BCUT2D eigenvalue weighted by Crippen LogP contribution is 2.26. The number of aromatic nitrogens is 3. The number of hydrogen-bond acceptors (Lipinski definition) is 4. The molecule has 1 heterocycles. The summed E-state index contributed by atoms with van der Waals surface area (Å²) in [6.07, 6.45) is 0.862. The maximum Gasteiger partial charge on any atom is 0.169 e. The summed E-state index contributed by atoms with van der Waals surface area (Å²) in [6.45, 7) is 7.73. The Morgan fingerprint density at radius 3 is 2.55 bits per heavy atom. The predicted octanol–water partition coefficient (Wildman–Crippen LogP) is 2.63. The van der Waals surface area contributed by atoms with Gasteiger partial charge in [-0.25, -0.2) is 4.68 Å². The van der Waals surface area contributed by atoms with E-state index in [-0.39, 0.29) is 5.41 Å². The second kappa shape index (κ2) is 5.94. The zero-order valence-electron chi connectivity index (χ0n) is 12.3. The lowest BCUT2D eigenvalue weighted by molar-refractivity contribution is 0.295. The van der Waals surface area contributed by atoms with Gasteiger partial charge in [0.25, 0.3) is 0 Å². The van der Waals surface area contributed by atoms with Crippen LogP contribution >= 0.6 is 0 Å². The van der Waals surface area contributed by atoms with E-state index >= 15 is 0 Å². The summed E-state index contributed by atoms with van der Waals surface area (Å²) in [5.74, 6) is 1.41. The minimum atomic E-state index is -0.0616. The lowest BCUT2D eigenvalue weighted by Gasteiger charge is -2.20. The first kappa shape index (κ1) is 14.4. The molecular formula is C15H22N4O. The lowest BCUT2D eigenvalue weighted by Crippen LogP contribution is -2.20. The minimum Gasteiger partial charge on any atom is -0.494 e. The summed E-state index contributed by atoms with van der Waals surface area (Å²) < 4.78 is 7.55. The van der Waals surface area contributed by atoms with Crippen LogP contribution in [0.15, 0.2) is 30.3 Å². The van der Waals surface area contributed by atoms with Gasteiger partial charge >= 0.3 is 0 Å². The van der Waals surface area contributed by atoms with Crippen LogP contribution in [0.1, 0.15) is 32.9 Å². The zero-order valence-corrected chi connectivity index (χ0v) is 12.3. The van der Waals surface area contributed by atoms with Crippen molar-refractivity contribution in [3.8, 4) is 5.75 Å². The van der Waals surface area contributed by atoms with E-state index in [0.29, 0.717) is 12.4 Å². The molecule has 0 bridgehead atoms. The summed E-state index contributed by atoms with van der Waals surface area (Å²) >= 11 is 0.